The highest BCUT2D eigenvalue weighted by molar-refractivity contribution is 8.05. The molecule has 0 amide bonds. The summed E-state index contributed by atoms with van der Waals surface area (Å²) in [7, 11) is 0. The Kier molecular flexibility index (Phi) is 5.95. The number of Topliss-reactive ketones (excluding diaryl/α,β-unsaturated/α-hetero) is 1. The Morgan fingerprint density at radius 3 is 2.70 bits per heavy atom. The van der Waals surface area contributed by atoms with E-state index < -0.39 is 0 Å². The fourth-order valence-corrected chi connectivity index (χ4v) is 4.96. The van der Waals surface area contributed by atoms with Gasteiger partial charge in [0.1, 0.15) is 0 Å². The normalized spacial score (nSPS) is 21.5. The van der Waals surface area contributed by atoms with E-state index in [4.69, 9.17) is 0 Å². The molecule has 1 fully saturated rings. The second kappa shape index (κ2) is 8.77. The molecule has 3 nitrogen and oxygen atoms in total. The zero-order valence-corrected chi connectivity index (χ0v) is 16.4. The second-order valence-corrected chi connectivity index (χ2v) is 8.27. The standard InChI is InChI=1S/C23H26N2OS/c26-22-19-12-6-7-13-20(19)27-23(22)21(17-9-3-1-4-10-17)25-16-14-18-11-5-2-8-15-24-18/h1,3-4,6-7,9-10,12-13,18,24-25H,2,5,8,11,14-16H2/b23-21+. The minimum absolute atomic E-state index is 0.134. The van der Waals surface area contributed by atoms with Crippen molar-refractivity contribution in [2.45, 2.75) is 43.0 Å². The molecule has 2 N–H and O–H groups in total. The van der Waals surface area contributed by atoms with E-state index in [0.717, 1.165) is 46.1 Å². The molecule has 2 aliphatic heterocycles. The van der Waals surface area contributed by atoms with Crippen LogP contribution in [0.2, 0.25) is 0 Å². The van der Waals surface area contributed by atoms with Crippen LogP contribution in [0.3, 0.4) is 0 Å². The molecule has 140 valence electrons. The molecule has 0 aromatic heterocycles. The average molecular weight is 379 g/mol. The molecule has 2 heterocycles. The van der Waals surface area contributed by atoms with Gasteiger partial charge in [-0.2, -0.15) is 0 Å². The first-order valence-electron chi connectivity index (χ1n) is 9.91. The highest BCUT2D eigenvalue weighted by atomic mass is 32.2. The Morgan fingerprint density at radius 1 is 1.04 bits per heavy atom. The second-order valence-electron chi connectivity index (χ2n) is 7.21. The summed E-state index contributed by atoms with van der Waals surface area (Å²) in [5.41, 5.74) is 2.86. The van der Waals surface area contributed by atoms with Crippen molar-refractivity contribution in [2.24, 2.45) is 0 Å². The van der Waals surface area contributed by atoms with Crippen LogP contribution in [0.4, 0.5) is 0 Å². The zero-order valence-electron chi connectivity index (χ0n) is 15.5. The Hall–Kier alpha value is -2.04. The van der Waals surface area contributed by atoms with Crippen molar-refractivity contribution in [3.8, 4) is 0 Å². The number of benzene rings is 2. The molecule has 0 aliphatic carbocycles. The van der Waals surface area contributed by atoms with E-state index in [1.165, 1.54) is 25.7 Å². The van der Waals surface area contributed by atoms with Gasteiger partial charge in [0.2, 0.25) is 5.78 Å². The Balaban J connectivity index is 1.55. The number of hydrogen-bond acceptors (Lipinski definition) is 4. The van der Waals surface area contributed by atoms with Crippen LogP contribution in [-0.2, 0) is 0 Å². The lowest BCUT2D eigenvalue weighted by Crippen LogP contribution is -2.31. The summed E-state index contributed by atoms with van der Waals surface area (Å²) >= 11 is 1.59. The van der Waals surface area contributed by atoms with Crippen LogP contribution in [0.1, 0.15) is 48.0 Å². The molecule has 0 bridgehead atoms. The molecule has 0 spiro atoms. The van der Waals surface area contributed by atoms with Gasteiger partial charge in [-0.05, 0) is 43.5 Å². The molecular formula is C23H26N2OS. The maximum Gasteiger partial charge on any atom is 0.202 e. The number of carbonyl (C=O) groups excluding carboxylic acids is 1. The molecular weight excluding hydrogens is 352 g/mol. The predicted octanol–water partition coefficient (Wildman–Crippen LogP) is 4.86. The van der Waals surface area contributed by atoms with Gasteiger partial charge in [-0.1, -0.05) is 67.1 Å². The van der Waals surface area contributed by atoms with Gasteiger partial charge in [-0.15, -0.1) is 0 Å². The lowest BCUT2D eigenvalue weighted by Gasteiger charge is -2.18. The molecule has 4 rings (SSSR count). The van der Waals surface area contributed by atoms with Crippen LogP contribution < -0.4 is 10.6 Å². The molecule has 1 unspecified atom stereocenters. The molecule has 2 aromatic rings. The maximum atomic E-state index is 13.0. The van der Waals surface area contributed by atoms with Crippen molar-refractivity contribution in [3.63, 3.8) is 0 Å². The van der Waals surface area contributed by atoms with E-state index >= 15 is 0 Å². The maximum absolute atomic E-state index is 13.0. The summed E-state index contributed by atoms with van der Waals surface area (Å²) in [6.07, 6.45) is 6.26. The van der Waals surface area contributed by atoms with Gasteiger partial charge < -0.3 is 10.6 Å². The highest BCUT2D eigenvalue weighted by Crippen LogP contribution is 2.42. The van der Waals surface area contributed by atoms with Crippen LogP contribution in [-0.4, -0.2) is 24.9 Å². The first-order chi connectivity index (χ1) is 13.3. The number of thioether (sulfide) groups is 1. The van der Waals surface area contributed by atoms with Gasteiger partial charge in [0.25, 0.3) is 0 Å². The quantitative estimate of drug-likeness (QED) is 0.730. The summed E-state index contributed by atoms with van der Waals surface area (Å²) in [6, 6.07) is 18.7. The largest absolute Gasteiger partial charge is 0.383 e. The molecule has 2 aliphatic rings. The summed E-state index contributed by atoms with van der Waals surface area (Å²) in [6.45, 7) is 2.00. The number of rotatable bonds is 5. The SMILES string of the molecule is O=C1/C(=C(\NCCC2CCCCCN2)c2ccccc2)Sc2ccccc21. The summed E-state index contributed by atoms with van der Waals surface area (Å²) in [5.74, 6) is 0.134. The van der Waals surface area contributed by atoms with Crippen molar-refractivity contribution in [2.75, 3.05) is 13.1 Å². The van der Waals surface area contributed by atoms with Gasteiger partial charge >= 0.3 is 0 Å². The van der Waals surface area contributed by atoms with Gasteiger partial charge in [-0.25, -0.2) is 0 Å². The third-order valence-electron chi connectivity index (χ3n) is 5.30. The number of hydrogen-bond donors (Lipinski definition) is 2. The third-order valence-corrected chi connectivity index (χ3v) is 6.47. The number of allylic oxidation sites excluding steroid dienone is 1. The first kappa shape index (κ1) is 18.3. The average Bonchev–Trinajstić information content (AvgIpc) is 2.87. The van der Waals surface area contributed by atoms with Crippen molar-refractivity contribution >= 4 is 23.2 Å². The van der Waals surface area contributed by atoms with Crippen LogP contribution in [0, 0.1) is 0 Å². The van der Waals surface area contributed by atoms with Gasteiger partial charge in [0.15, 0.2) is 0 Å². The van der Waals surface area contributed by atoms with Crippen LogP contribution in [0.5, 0.6) is 0 Å². The smallest absolute Gasteiger partial charge is 0.202 e. The Morgan fingerprint density at radius 2 is 1.85 bits per heavy atom. The molecule has 4 heteroatoms. The van der Waals surface area contributed by atoms with Crippen molar-refractivity contribution in [1.82, 2.24) is 10.6 Å². The summed E-state index contributed by atoms with van der Waals surface area (Å²) in [5, 5.41) is 7.27. The van der Waals surface area contributed by atoms with Gasteiger partial charge in [-0.3, -0.25) is 4.79 Å². The van der Waals surface area contributed by atoms with E-state index in [0.29, 0.717) is 6.04 Å². The van der Waals surface area contributed by atoms with Crippen molar-refractivity contribution < 1.29 is 4.79 Å². The molecule has 1 atom stereocenters. The molecule has 1 saturated heterocycles. The number of nitrogens with one attached hydrogen (secondary N) is 2. The molecule has 0 saturated carbocycles. The molecule has 27 heavy (non-hydrogen) atoms. The fourth-order valence-electron chi connectivity index (χ4n) is 3.82. The summed E-state index contributed by atoms with van der Waals surface area (Å²) < 4.78 is 0. The zero-order chi connectivity index (χ0) is 18.5. The van der Waals surface area contributed by atoms with E-state index in [2.05, 4.69) is 22.8 Å². The number of carbonyl (C=O) groups is 1. The monoisotopic (exact) mass is 378 g/mol. The molecule has 2 aromatic carbocycles. The minimum atomic E-state index is 0.134. The molecule has 0 radical (unpaired) electrons. The number of ketones is 1. The number of fused-ring (bicyclic) bond motifs is 1. The van der Waals surface area contributed by atoms with Crippen LogP contribution >= 0.6 is 11.8 Å². The Labute approximate surface area is 165 Å². The van der Waals surface area contributed by atoms with Crippen LogP contribution in [0.15, 0.2) is 64.4 Å². The van der Waals surface area contributed by atoms with Gasteiger partial charge in [0.05, 0.1) is 10.6 Å². The highest BCUT2D eigenvalue weighted by Gasteiger charge is 2.29. The van der Waals surface area contributed by atoms with E-state index in [1.54, 1.807) is 11.8 Å². The minimum Gasteiger partial charge on any atom is -0.383 e. The summed E-state index contributed by atoms with van der Waals surface area (Å²) in [4.78, 5) is 14.9. The fraction of sp³-hybridized carbons (Fsp3) is 0.348. The van der Waals surface area contributed by atoms with E-state index in [9.17, 15) is 4.79 Å². The van der Waals surface area contributed by atoms with Crippen molar-refractivity contribution in [3.05, 3.63) is 70.6 Å². The van der Waals surface area contributed by atoms with Crippen molar-refractivity contribution in [1.29, 1.82) is 0 Å². The lowest BCUT2D eigenvalue weighted by atomic mass is 10.1. The predicted molar refractivity (Wildman–Crippen MR) is 113 cm³/mol. The van der Waals surface area contributed by atoms with E-state index in [1.807, 2.05) is 42.5 Å². The third kappa shape index (κ3) is 4.28. The Bertz CT molecular complexity index is 823. The van der Waals surface area contributed by atoms with Gasteiger partial charge in [0, 0.05) is 23.0 Å². The first-order valence-corrected chi connectivity index (χ1v) is 10.7. The van der Waals surface area contributed by atoms with Crippen LogP contribution in [0.25, 0.3) is 5.70 Å². The lowest BCUT2D eigenvalue weighted by molar-refractivity contribution is 0.104. The topological polar surface area (TPSA) is 41.1 Å². The van der Waals surface area contributed by atoms with E-state index in [-0.39, 0.29) is 5.78 Å².